The average molecular weight is 170 g/mol. The van der Waals surface area contributed by atoms with E-state index in [1.165, 1.54) is 0 Å². The van der Waals surface area contributed by atoms with Gasteiger partial charge in [-0.05, 0) is 0 Å². The van der Waals surface area contributed by atoms with E-state index in [4.69, 9.17) is 0 Å². The molecule has 0 atom stereocenters. The van der Waals surface area contributed by atoms with Gasteiger partial charge in [-0.3, -0.25) is 0 Å². The van der Waals surface area contributed by atoms with Crippen LogP contribution in [-0.2, 0) is 0 Å². The van der Waals surface area contributed by atoms with Crippen LogP contribution < -0.4 is 10.1 Å². The minimum Gasteiger partial charge on any atom is -0.634 e. The Bertz CT molecular complexity index is 161. The summed E-state index contributed by atoms with van der Waals surface area (Å²) < 4.78 is 0. The van der Waals surface area contributed by atoms with Gasteiger partial charge in [-0.25, -0.2) is 0 Å². The lowest BCUT2D eigenvalue weighted by atomic mass is 9.75. The zero-order valence-electron chi connectivity index (χ0n) is 6.95. The number of piperidine rings is 4. The Morgan fingerprint density at radius 1 is 0.667 bits per heavy atom. The van der Waals surface area contributed by atoms with Crippen LogP contribution in [0.3, 0.4) is 0 Å². The molecule has 4 rings (SSSR count). The minimum atomic E-state index is 0.269. The fourth-order valence-corrected chi connectivity index (χ4v) is 3.35. The van der Waals surface area contributed by atoms with E-state index in [1.54, 1.807) is 0 Å². The molecule has 0 aliphatic carbocycles. The van der Waals surface area contributed by atoms with Crippen molar-refractivity contribution in [3.8, 4) is 0 Å². The summed E-state index contributed by atoms with van der Waals surface area (Å²) >= 11 is 0. The molecule has 4 fully saturated rings. The Hall–Kier alpha value is -0.160. The lowest BCUT2D eigenvalue weighted by molar-refractivity contribution is -1.000. The monoisotopic (exact) mass is 170 g/mol. The van der Waals surface area contributed by atoms with Crippen LogP contribution in [0.25, 0.3) is 0 Å². The van der Waals surface area contributed by atoms with Crippen LogP contribution in [-0.4, -0.2) is 24.2 Å². The first-order valence-corrected chi connectivity index (χ1v) is 4.83. The van der Waals surface area contributed by atoms with E-state index in [9.17, 15) is 10.4 Å². The largest absolute Gasteiger partial charge is 0.634 e. The molecule has 0 amide bonds. The predicted octanol–water partition coefficient (Wildman–Crippen LogP) is -2.17. The summed E-state index contributed by atoms with van der Waals surface area (Å²) in [5.41, 5.74) is 0. The van der Waals surface area contributed by atoms with Gasteiger partial charge >= 0.3 is 0 Å². The molecule has 0 unspecified atom stereocenters. The first kappa shape index (κ1) is 7.26. The first-order valence-electron chi connectivity index (χ1n) is 4.83. The molecule has 4 nitrogen and oxygen atoms in total. The van der Waals surface area contributed by atoms with Gasteiger partial charge < -0.3 is 20.5 Å². The van der Waals surface area contributed by atoms with Crippen molar-refractivity contribution in [2.45, 2.75) is 49.9 Å². The average Bonchev–Trinajstić information content (AvgIpc) is 2.02. The molecule has 0 aromatic carbocycles. The Kier molecular flexibility index (Phi) is 1.33. The zero-order chi connectivity index (χ0) is 8.29. The van der Waals surface area contributed by atoms with Gasteiger partial charge in [0.05, 0.1) is 49.9 Å². The van der Waals surface area contributed by atoms with Crippen molar-refractivity contribution in [3.63, 3.8) is 0 Å². The predicted molar refractivity (Wildman–Crippen MR) is 42.3 cm³/mol. The smallest absolute Gasteiger partial charge is 0.0989 e. The summed E-state index contributed by atoms with van der Waals surface area (Å²) in [6, 6.07) is 1.07. The molecule has 4 aliphatic heterocycles. The van der Waals surface area contributed by atoms with Crippen molar-refractivity contribution in [1.29, 1.82) is 0 Å². The summed E-state index contributed by atoms with van der Waals surface area (Å²) in [5, 5.41) is 24.1. The van der Waals surface area contributed by atoms with E-state index < -0.39 is 0 Å². The summed E-state index contributed by atoms with van der Waals surface area (Å²) in [6.07, 6.45) is 3.52. The van der Waals surface area contributed by atoms with Crippen LogP contribution >= 0.6 is 0 Å². The fraction of sp³-hybridized carbons (Fsp3) is 1.00. The van der Waals surface area contributed by atoms with Crippen molar-refractivity contribution in [3.05, 3.63) is 10.4 Å². The highest BCUT2D eigenvalue weighted by Crippen LogP contribution is 2.25. The molecule has 0 spiro atoms. The zero-order valence-corrected chi connectivity index (χ0v) is 6.95. The molecule has 4 aliphatic rings. The van der Waals surface area contributed by atoms with Gasteiger partial charge in [0.25, 0.3) is 0 Å². The molecule has 68 valence electrons. The SMILES string of the molecule is [O-][NH+]1C2CC3CC1CC(C2)[NH+]3[O-]. The van der Waals surface area contributed by atoms with Gasteiger partial charge in [-0.15, -0.1) is 0 Å². The van der Waals surface area contributed by atoms with Crippen molar-refractivity contribution in [1.82, 2.24) is 0 Å². The highest BCUT2D eigenvalue weighted by atomic mass is 16.5. The maximum Gasteiger partial charge on any atom is 0.0989 e. The molecule has 4 heteroatoms. The van der Waals surface area contributed by atoms with E-state index in [1.807, 2.05) is 0 Å². The quantitative estimate of drug-likeness (QED) is 0.406. The van der Waals surface area contributed by atoms with Crippen LogP contribution in [0.2, 0.25) is 0 Å². The van der Waals surface area contributed by atoms with E-state index >= 15 is 0 Å². The number of rotatable bonds is 0. The van der Waals surface area contributed by atoms with Crippen LogP contribution in [0.5, 0.6) is 0 Å². The van der Waals surface area contributed by atoms with Crippen molar-refractivity contribution >= 4 is 0 Å². The number of hydroxylamine groups is 4. The topological polar surface area (TPSA) is 55.0 Å². The Balaban J connectivity index is 1.91. The molecule has 0 aromatic rings. The molecular weight excluding hydrogens is 156 g/mol. The fourth-order valence-electron chi connectivity index (χ4n) is 3.35. The number of nitrogens with one attached hydrogen (secondary N) is 2. The maximum atomic E-state index is 11.6. The van der Waals surface area contributed by atoms with E-state index in [0.29, 0.717) is 10.1 Å². The number of hydrogen-bond acceptors (Lipinski definition) is 2. The second-order valence-corrected chi connectivity index (χ2v) is 4.54. The van der Waals surface area contributed by atoms with Gasteiger partial charge in [0.1, 0.15) is 0 Å². The second-order valence-electron chi connectivity index (χ2n) is 4.54. The highest BCUT2D eigenvalue weighted by molar-refractivity contribution is 4.89. The maximum absolute atomic E-state index is 11.6. The van der Waals surface area contributed by atoms with Gasteiger partial charge in [0.15, 0.2) is 0 Å². The molecule has 4 heterocycles. The van der Waals surface area contributed by atoms with Gasteiger partial charge in [0, 0.05) is 0 Å². The first-order chi connectivity index (χ1) is 5.75. The molecule has 0 radical (unpaired) electrons. The van der Waals surface area contributed by atoms with Gasteiger partial charge in [-0.1, -0.05) is 0 Å². The summed E-state index contributed by atoms with van der Waals surface area (Å²) in [7, 11) is 0. The molecule has 12 heavy (non-hydrogen) atoms. The minimum absolute atomic E-state index is 0.269. The second kappa shape index (κ2) is 2.20. The number of quaternary nitrogens is 2. The normalized spacial score (nSPS) is 62.5. The molecular formula is C8H14N2O2. The molecule has 0 saturated carbocycles. The van der Waals surface area contributed by atoms with Crippen LogP contribution in [0.15, 0.2) is 0 Å². The van der Waals surface area contributed by atoms with Gasteiger partial charge in [0.2, 0.25) is 0 Å². The van der Waals surface area contributed by atoms with Crippen molar-refractivity contribution in [2.75, 3.05) is 0 Å². The lowest BCUT2D eigenvalue weighted by Crippen LogP contribution is -3.29. The third kappa shape index (κ3) is 0.758. The van der Waals surface area contributed by atoms with Crippen molar-refractivity contribution in [2.24, 2.45) is 0 Å². The van der Waals surface area contributed by atoms with Crippen LogP contribution in [0, 0.1) is 10.4 Å². The summed E-state index contributed by atoms with van der Waals surface area (Å²) in [4.78, 5) is 0. The number of hydrogen-bond donors (Lipinski definition) is 2. The molecule has 0 aromatic heterocycles. The third-order valence-electron chi connectivity index (χ3n) is 3.89. The molecule has 4 saturated heterocycles. The molecule has 4 bridgehead atoms. The highest BCUT2D eigenvalue weighted by Gasteiger charge is 2.52. The van der Waals surface area contributed by atoms with E-state index in [-0.39, 0.29) is 24.2 Å². The lowest BCUT2D eigenvalue weighted by Gasteiger charge is -2.59. The van der Waals surface area contributed by atoms with Crippen LogP contribution in [0.1, 0.15) is 25.7 Å². The van der Waals surface area contributed by atoms with E-state index in [0.717, 1.165) is 25.7 Å². The summed E-state index contributed by atoms with van der Waals surface area (Å²) in [6.45, 7) is 0. The Morgan fingerprint density at radius 3 is 1.17 bits per heavy atom. The standard InChI is InChI=1S/C8H14N2O2/c11-9-5-1-6-3-8(9)4-7(2-5)10(6)12/h5-10H,1-4H2. The summed E-state index contributed by atoms with van der Waals surface area (Å²) in [5.74, 6) is 0. The Labute approximate surface area is 71.3 Å². The van der Waals surface area contributed by atoms with E-state index in [2.05, 4.69) is 0 Å². The van der Waals surface area contributed by atoms with Crippen LogP contribution in [0.4, 0.5) is 0 Å². The van der Waals surface area contributed by atoms with Gasteiger partial charge in [-0.2, -0.15) is 0 Å². The molecule has 2 N–H and O–H groups in total. The third-order valence-corrected chi connectivity index (χ3v) is 3.89. The van der Waals surface area contributed by atoms with Crippen molar-refractivity contribution < 1.29 is 10.1 Å². The Morgan fingerprint density at radius 2 is 0.917 bits per heavy atom.